The Morgan fingerprint density at radius 3 is 2.56 bits per heavy atom. The molecule has 25 heavy (non-hydrogen) atoms. The summed E-state index contributed by atoms with van der Waals surface area (Å²) in [5.74, 6) is 0.568. The molecule has 0 unspecified atom stereocenters. The Morgan fingerprint density at radius 2 is 1.92 bits per heavy atom. The molecule has 1 saturated carbocycles. The van der Waals surface area contributed by atoms with Crippen molar-refractivity contribution in [1.29, 1.82) is 0 Å². The highest BCUT2D eigenvalue weighted by atomic mass is 32.2. The smallest absolute Gasteiger partial charge is 0.221 e. The number of benzene rings is 1. The van der Waals surface area contributed by atoms with Crippen LogP contribution in [0.4, 0.5) is 0 Å². The number of methoxy groups -OCH3 is 1. The summed E-state index contributed by atoms with van der Waals surface area (Å²) in [5, 5.41) is 2.84. The van der Waals surface area contributed by atoms with Gasteiger partial charge in [-0.2, -0.15) is 4.31 Å². The van der Waals surface area contributed by atoms with Crippen LogP contribution in [0, 0.1) is 0 Å². The second-order valence-corrected chi connectivity index (χ2v) is 8.44. The summed E-state index contributed by atoms with van der Waals surface area (Å²) < 4.78 is 30.9. The van der Waals surface area contributed by atoms with Gasteiger partial charge in [0, 0.05) is 31.1 Å². The second-order valence-electron chi connectivity index (χ2n) is 6.50. The molecule has 0 bridgehead atoms. The third-order valence-corrected chi connectivity index (χ3v) is 5.97. The summed E-state index contributed by atoms with van der Waals surface area (Å²) >= 11 is 0. The molecule has 0 aliphatic heterocycles. The molecule has 0 aromatic heterocycles. The molecule has 1 aromatic carbocycles. The third-order valence-electron chi connectivity index (χ3n) is 4.64. The van der Waals surface area contributed by atoms with Gasteiger partial charge in [-0.1, -0.05) is 37.5 Å². The molecule has 1 N–H and O–H groups in total. The minimum atomic E-state index is -3.30. The molecule has 0 spiro atoms. The Bertz CT molecular complexity index is 669. The molecule has 0 heterocycles. The van der Waals surface area contributed by atoms with E-state index < -0.39 is 10.0 Å². The van der Waals surface area contributed by atoms with Gasteiger partial charge in [-0.05, 0) is 18.9 Å². The van der Waals surface area contributed by atoms with Crippen molar-refractivity contribution >= 4 is 15.9 Å². The van der Waals surface area contributed by atoms with E-state index in [1.54, 1.807) is 7.11 Å². The average molecular weight is 368 g/mol. The molecule has 1 amide bonds. The van der Waals surface area contributed by atoms with E-state index in [0.717, 1.165) is 43.4 Å². The van der Waals surface area contributed by atoms with Crippen LogP contribution in [-0.2, 0) is 21.4 Å². The van der Waals surface area contributed by atoms with Crippen molar-refractivity contribution < 1.29 is 17.9 Å². The third kappa shape index (κ3) is 6.01. The van der Waals surface area contributed by atoms with E-state index in [9.17, 15) is 13.2 Å². The van der Waals surface area contributed by atoms with E-state index in [1.165, 1.54) is 10.6 Å². The Hall–Kier alpha value is -1.60. The normalized spacial score (nSPS) is 16.0. The number of amides is 1. The molecule has 0 saturated heterocycles. The van der Waals surface area contributed by atoms with Gasteiger partial charge in [-0.3, -0.25) is 4.79 Å². The number of para-hydroxylation sites is 1. The first-order chi connectivity index (χ1) is 11.9. The van der Waals surface area contributed by atoms with Gasteiger partial charge in [-0.15, -0.1) is 0 Å². The monoisotopic (exact) mass is 368 g/mol. The van der Waals surface area contributed by atoms with Crippen LogP contribution in [0.5, 0.6) is 5.75 Å². The van der Waals surface area contributed by atoms with E-state index in [4.69, 9.17) is 4.74 Å². The molecule has 1 aliphatic rings. The van der Waals surface area contributed by atoms with Gasteiger partial charge in [0.1, 0.15) is 5.75 Å². The first kappa shape index (κ1) is 19.7. The topological polar surface area (TPSA) is 75.7 Å². The van der Waals surface area contributed by atoms with Crippen LogP contribution < -0.4 is 10.1 Å². The maximum atomic E-state index is 12.2. The molecular weight excluding hydrogens is 340 g/mol. The minimum absolute atomic E-state index is 0.0331. The lowest BCUT2D eigenvalue weighted by atomic mass is 9.95. The van der Waals surface area contributed by atoms with Crippen molar-refractivity contribution in [2.24, 2.45) is 0 Å². The number of nitrogens with one attached hydrogen (secondary N) is 1. The number of ether oxygens (including phenoxy) is 1. The Morgan fingerprint density at radius 1 is 1.24 bits per heavy atom. The molecule has 0 radical (unpaired) electrons. The quantitative estimate of drug-likeness (QED) is 0.764. The van der Waals surface area contributed by atoms with E-state index in [1.807, 2.05) is 24.3 Å². The summed E-state index contributed by atoms with van der Waals surface area (Å²) in [5.41, 5.74) is 0.894. The van der Waals surface area contributed by atoms with Gasteiger partial charge < -0.3 is 10.1 Å². The zero-order valence-electron chi connectivity index (χ0n) is 15.0. The zero-order chi connectivity index (χ0) is 18.3. The molecule has 2 rings (SSSR count). The molecule has 6 nitrogen and oxygen atoms in total. The van der Waals surface area contributed by atoms with Crippen molar-refractivity contribution in [2.45, 2.75) is 51.1 Å². The molecule has 1 aromatic rings. The molecule has 0 atom stereocenters. The number of carbonyl (C=O) groups is 1. The largest absolute Gasteiger partial charge is 0.496 e. The average Bonchev–Trinajstić information content (AvgIpc) is 2.60. The number of rotatable bonds is 8. The van der Waals surface area contributed by atoms with Gasteiger partial charge in [-0.25, -0.2) is 8.42 Å². The fourth-order valence-electron chi connectivity index (χ4n) is 3.33. The zero-order valence-corrected chi connectivity index (χ0v) is 15.8. The summed E-state index contributed by atoms with van der Waals surface area (Å²) in [6, 6.07) is 7.53. The highest BCUT2D eigenvalue weighted by molar-refractivity contribution is 7.88. The number of hydrogen-bond donors (Lipinski definition) is 1. The van der Waals surface area contributed by atoms with Gasteiger partial charge >= 0.3 is 0 Å². The predicted molar refractivity (Wildman–Crippen MR) is 97.9 cm³/mol. The van der Waals surface area contributed by atoms with Crippen LogP contribution >= 0.6 is 0 Å². The van der Waals surface area contributed by atoms with Crippen molar-refractivity contribution in [3.8, 4) is 5.75 Å². The fraction of sp³-hybridized carbons (Fsp3) is 0.611. The van der Waals surface area contributed by atoms with Crippen LogP contribution in [0.25, 0.3) is 0 Å². The van der Waals surface area contributed by atoms with E-state index >= 15 is 0 Å². The number of sulfonamides is 1. The van der Waals surface area contributed by atoms with Crippen molar-refractivity contribution in [2.75, 3.05) is 19.9 Å². The Labute approximate surface area is 150 Å². The lowest BCUT2D eigenvalue weighted by Gasteiger charge is -2.32. The predicted octanol–water partition coefficient (Wildman–Crippen LogP) is 2.30. The van der Waals surface area contributed by atoms with Gasteiger partial charge in [0.25, 0.3) is 0 Å². The highest BCUT2D eigenvalue weighted by Crippen LogP contribution is 2.24. The van der Waals surface area contributed by atoms with Crippen LogP contribution in [0.3, 0.4) is 0 Å². The molecular formula is C18H28N2O4S. The maximum absolute atomic E-state index is 12.2. The van der Waals surface area contributed by atoms with Gasteiger partial charge in [0.2, 0.25) is 15.9 Å². The van der Waals surface area contributed by atoms with Crippen LogP contribution in [0.15, 0.2) is 24.3 Å². The van der Waals surface area contributed by atoms with Crippen molar-refractivity contribution in [3.63, 3.8) is 0 Å². The molecule has 1 aliphatic carbocycles. The summed E-state index contributed by atoms with van der Waals surface area (Å²) in [6.07, 6.45) is 6.43. The maximum Gasteiger partial charge on any atom is 0.221 e. The summed E-state index contributed by atoms with van der Waals surface area (Å²) in [6.45, 7) is 0.604. The lowest BCUT2D eigenvalue weighted by molar-refractivity contribution is -0.121. The SMILES string of the molecule is COc1ccccc1CNC(=O)CCN(C1CCCCC1)S(C)(=O)=O. The molecule has 7 heteroatoms. The second kappa shape index (κ2) is 9.20. The first-order valence-corrected chi connectivity index (χ1v) is 10.6. The fourth-order valence-corrected chi connectivity index (χ4v) is 4.51. The van der Waals surface area contributed by atoms with E-state index in [0.29, 0.717) is 6.54 Å². The molecule has 140 valence electrons. The van der Waals surface area contributed by atoms with E-state index in [2.05, 4.69) is 5.32 Å². The lowest BCUT2D eigenvalue weighted by Crippen LogP contribution is -2.42. The minimum Gasteiger partial charge on any atom is -0.496 e. The molecule has 1 fully saturated rings. The van der Waals surface area contributed by atoms with Crippen LogP contribution in [0.1, 0.15) is 44.1 Å². The van der Waals surface area contributed by atoms with Crippen molar-refractivity contribution in [1.82, 2.24) is 9.62 Å². The summed E-state index contributed by atoms with van der Waals surface area (Å²) in [7, 11) is -1.71. The van der Waals surface area contributed by atoms with Crippen LogP contribution in [-0.4, -0.2) is 44.6 Å². The van der Waals surface area contributed by atoms with Crippen LogP contribution in [0.2, 0.25) is 0 Å². The highest BCUT2D eigenvalue weighted by Gasteiger charge is 2.28. The summed E-state index contributed by atoms with van der Waals surface area (Å²) in [4.78, 5) is 12.2. The van der Waals surface area contributed by atoms with E-state index in [-0.39, 0.29) is 24.9 Å². The van der Waals surface area contributed by atoms with Gasteiger partial charge in [0.05, 0.1) is 13.4 Å². The number of hydrogen-bond acceptors (Lipinski definition) is 4. The standard InChI is InChI=1S/C18H28N2O4S/c1-24-17-11-7-6-8-15(17)14-19-18(21)12-13-20(25(2,22)23)16-9-4-3-5-10-16/h6-8,11,16H,3-5,9-10,12-14H2,1-2H3,(H,19,21). The number of carbonyl (C=O) groups excluding carboxylic acids is 1. The Kier molecular flexibility index (Phi) is 7.25. The van der Waals surface area contributed by atoms with Crippen molar-refractivity contribution in [3.05, 3.63) is 29.8 Å². The Balaban J connectivity index is 1.88. The first-order valence-electron chi connectivity index (χ1n) is 8.77. The number of nitrogens with zero attached hydrogens (tertiary/aromatic N) is 1. The van der Waals surface area contributed by atoms with Gasteiger partial charge in [0.15, 0.2) is 0 Å².